The molecule has 100 valence electrons. The predicted octanol–water partition coefficient (Wildman–Crippen LogP) is 3.60. The molecule has 2 heteroatoms. The number of benzene rings is 1. The first-order valence-corrected chi connectivity index (χ1v) is 7.12. The van der Waals surface area contributed by atoms with Crippen molar-refractivity contribution in [1.29, 1.82) is 0 Å². The summed E-state index contributed by atoms with van der Waals surface area (Å²) in [4.78, 5) is 0. The minimum atomic E-state index is 0.298. The van der Waals surface area contributed by atoms with E-state index in [2.05, 4.69) is 44.3 Å². The molecule has 0 saturated heterocycles. The molecule has 0 spiro atoms. The van der Waals surface area contributed by atoms with Gasteiger partial charge in [-0.05, 0) is 70.2 Å². The Bertz CT molecular complexity index is 385. The summed E-state index contributed by atoms with van der Waals surface area (Å²) >= 11 is 0. The molecule has 1 atom stereocenters. The van der Waals surface area contributed by atoms with Crippen molar-refractivity contribution in [2.45, 2.75) is 58.6 Å². The summed E-state index contributed by atoms with van der Waals surface area (Å²) in [6.07, 6.45) is 5.35. The van der Waals surface area contributed by atoms with E-state index in [9.17, 15) is 0 Å². The van der Waals surface area contributed by atoms with E-state index in [-0.39, 0.29) is 0 Å². The molecule has 0 amide bonds. The molecular weight excluding hydrogens is 222 g/mol. The van der Waals surface area contributed by atoms with Crippen LogP contribution < -0.4 is 10.1 Å². The molecule has 18 heavy (non-hydrogen) atoms. The molecule has 1 aliphatic carbocycles. The lowest BCUT2D eigenvalue weighted by atomic mass is 10.1. The zero-order chi connectivity index (χ0) is 13.0. The summed E-state index contributed by atoms with van der Waals surface area (Å²) in [6, 6.07) is 7.22. The predicted molar refractivity (Wildman–Crippen MR) is 76.3 cm³/mol. The highest BCUT2D eigenvalue weighted by molar-refractivity contribution is 5.36. The maximum atomic E-state index is 6.02. The van der Waals surface area contributed by atoms with Gasteiger partial charge < -0.3 is 10.1 Å². The lowest BCUT2D eigenvalue weighted by molar-refractivity contribution is 0.206. The standard InChI is InChI=1S/C16H25NO/c1-12-6-7-13(2)16(11-12)18-14(3)5-4-10-17-15-8-9-15/h6-7,11,14-15,17H,4-5,8-10H2,1-3H3. The first kappa shape index (κ1) is 13.4. The van der Waals surface area contributed by atoms with Gasteiger partial charge in [0.1, 0.15) is 5.75 Å². The van der Waals surface area contributed by atoms with Crippen LogP contribution in [0.15, 0.2) is 18.2 Å². The third-order valence-electron chi connectivity index (χ3n) is 3.47. The number of hydrogen-bond donors (Lipinski definition) is 1. The van der Waals surface area contributed by atoms with E-state index in [0.29, 0.717) is 6.10 Å². The minimum Gasteiger partial charge on any atom is -0.490 e. The second-order valence-electron chi connectivity index (χ2n) is 5.57. The molecule has 0 aromatic heterocycles. The molecule has 1 unspecified atom stereocenters. The van der Waals surface area contributed by atoms with Crippen molar-refractivity contribution in [3.63, 3.8) is 0 Å². The van der Waals surface area contributed by atoms with Gasteiger partial charge in [-0.3, -0.25) is 0 Å². The molecule has 0 radical (unpaired) electrons. The van der Waals surface area contributed by atoms with Gasteiger partial charge in [-0.2, -0.15) is 0 Å². The van der Waals surface area contributed by atoms with Gasteiger partial charge in [0, 0.05) is 6.04 Å². The van der Waals surface area contributed by atoms with E-state index in [0.717, 1.165) is 24.8 Å². The summed E-state index contributed by atoms with van der Waals surface area (Å²) < 4.78 is 6.02. The van der Waals surface area contributed by atoms with Crippen molar-refractivity contribution in [2.24, 2.45) is 0 Å². The van der Waals surface area contributed by atoms with Gasteiger partial charge in [0.15, 0.2) is 0 Å². The number of hydrogen-bond acceptors (Lipinski definition) is 2. The summed E-state index contributed by atoms with van der Waals surface area (Å²) in [5.74, 6) is 1.04. The van der Waals surface area contributed by atoms with Crippen LogP contribution in [0.3, 0.4) is 0 Å². The Balaban J connectivity index is 1.71. The number of nitrogens with one attached hydrogen (secondary N) is 1. The minimum absolute atomic E-state index is 0.298. The van der Waals surface area contributed by atoms with E-state index in [1.807, 2.05) is 0 Å². The van der Waals surface area contributed by atoms with E-state index < -0.39 is 0 Å². The first-order valence-electron chi connectivity index (χ1n) is 7.12. The Morgan fingerprint density at radius 2 is 2.11 bits per heavy atom. The quantitative estimate of drug-likeness (QED) is 0.743. The second kappa shape index (κ2) is 6.24. The van der Waals surface area contributed by atoms with Gasteiger partial charge >= 0.3 is 0 Å². The molecule has 1 N–H and O–H groups in total. The van der Waals surface area contributed by atoms with E-state index >= 15 is 0 Å². The SMILES string of the molecule is Cc1ccc(C)c(OC(C)CCCNC2CC2)c1. The Morgan fingerprint density at radius 1 is 1.33 bits per heavy atom. The number of rotatable bonds is 7. The van der Waals surface area contributed by atoms with Gasteiger partial charge in [0.25, 0.3) is 0 Å². The van der Waals surface area contributed by atoms with Crippen LogP contribution in [0, 0.1) is 13.8 Å². The highest BCUT2D eigenvalue weighted by atomic mass is 16.5. The first-order chi connectivity index (χ1) is 8.65. The zero-order valence-corrected chi connectivity index (χ0v) is 11.8. The second-order valence-corrected chi connectivity index (χ2v) is 5.57. The Kier molecular flexibility index (Phi) is 4.65. The summed E-state index contributed by atoms with van der Waals surface area (Å²) in [6.45, 7) is 7.51. The van der Waals surface area contributed by atoms with E-state index in [4.69, 9.17) is 4.74 Å². The van der Waals surface area contributed by atoms with Crippen LogP contribution in [-0.4, -0.2) is 18.7 Å². The van der Waals surface area contributed by atoms with Crippen molar-refractivity contribution >= 4 is 0 Å². The fourth-order valence-corrected chi connectivity index (χ4v) is 2.09. The normalized spacial score (nSPS) is 16.6. The third-order valence-corrected chi connectivity index (χ3v) is 3.47. The molecule has 1 saturated carbocycles. The molecule has 1 aromatic rings. The Hall–Kier alpha value is -1.02. The largest absolute Gasteiger partial charge is 0.490 e. The highest BCUT2D eigenvalue weighted by Gasteiger charge is 2.19. The highest BCUT2D eigenvalue weighted by Crippen LogP contribution is 2.22. The van der Waals surface area contributed by atoms with Crippen molar-refractivity contribution in [2.75, 3.05) is 6.54 Å². The smallest absolute Gasteiger partial charge is 0.122 e. The van der Waals surface area contributed by atoms with Crippen LogP contribution >= 0.6 is 0 Å². The Labute approximate surface area is 111 Å². The van der Waals surface area contributed by atoms with Crippen molar-refractivity contribution < 1.29 is 4.74 Å². The topological polar surface area (TPSA) is 21.3 Å². The van der Waals surface area contributed by atoms with Gasteiger partial charge in [-0.15, -0.1) is 0 Å². The molecule has 0 aliphatic heterocycles. The van der Waals surface area contributed by atoms with Crippen LogP contribution in [0.4, 0.5) is 0 Å². The molecule has 1 aromatic carbocycles. The monoisotopic (exact) mass is 247 g/mol. The van der Waals surface area contributed by atoms with E-state index in [1.165, 1.54) is 30.4 Å². The lowest BCUT2D eigenvalue weighted by Crippen LogP contribution is -2.20. The maximum absolute atomic E-state index is 6.02. The van der Waals surface area contributed by atoms with Gasteiger partial charge in [0.2, 0.25) is 0 Å². The molecule has 2 rings (SSSR count). The molecule has 1 aliphatic rings. The summed E-state index contributed by atoms with van der Waals surface area (Å²) in [5, 5.41) is 3.54. The van der Waals surface area contributed by atoms with Crippen LogP contribution in [0.25, 0.3) is 0 Å². The van der Waals surface area contributed by atoms with E-state index in [1.54, 1.807) is 0 Å². The summed E-state index contributed by atoms with van der Waals surface area (Å²) in [5.41, 5.74) is 2.49. The summed E-state index contributed by atoms with van der Waals surface area (Å²) in [7, 11) is 0. The van der Waals surface area contributed by atoms with Crippen molar-refractivity contribution in [3.8, 4) is 5.75 Å². The lowest BCUT2D eigenvalue weighted by Gasteiger charge is -2.17. The van der Waals surface area contributed by atoms with Crippen LogP contribution in [0.2, 0.25) is 0 Å². The number of ether oxygens (including phenoxy) is 1. The van der Waals surface area contributed by atoms with Crippen molar-refractivity contribution in [3.05, 3.63) is 29.3 Å². The van der Waals surface area contributed by atoms with Crippen LogP contribution in [0.5, 0.6) is 5.75 Å². The van der Waals surface area contributed by atoms with Gasteiger partial charge in [-0.25, -0.2) is 0 Å². The fourth-order valence-electron chi connectivity index (χ4n) is 2.09. The molecule has 0 bridgehead atoms. The Morgan fingerprint density at radius 3 is 2.83 bits per heavy atom. The molecule has 1 fully saturated rings. The molecule has 2 nitrogen and oxygen atoms in total. The third kappa shape index (κ3) is 4.34. The van der Waals surface area contributed by atoms with Crippen LogP contribution in [0.1, 0.15) is 43.7 Å². The number of aryl methyl sites for hydroxylation is 2. The van der Waals surface area contributed by atoms with Crippen LogP contribution in [-0.2, 0) is 0 Å². The van der Waals surface area contributed by atoms with Gasteiger partial charge in [-0.1, -0.05) is 12.1 Å². The zero-order valence-electron chi connectivity index (χ0n) is 11.8. The fraction of sp³-hybridized carbons (Fsp3) is 0.625. The molecule has 0 heterocycles. The van der Waals surface area contributed by atoms with Gasteiger partial charge in [0.05, 0.1) is 6.10 Å². The average molecular weight is 247 g/mol. The average Bonchev–Trinajstić information content (AvgIpc) is 3.13. The maximum Gasteiger partial charge on any atom is 0.122 e. The molecular formula is C16H25NO. The van der Waals surface area contributed by atoms with Crippen molar-refractivity contribution in [1.82, 2.24) is 5.32 Å².